The fraction of sp³-hybridized carbons (Fsp3) is 0.185. The van der Waals surface area contributed by atoms with Crippen LogP contribution < -0.4 is 10.1 Å². The lowest BCUT2D eigenvalue weighted by molar-refractivity contribution is -0.111. The molecule has 1 N–H and O–H groups in total. The molecule has 0 bridgehead atoms. The lowest BCUT2D eigenvalue weighted by Crippen LogP contribution is -2.10. The maximum Gasteiger partial charge on any atom is 0.249 e. The molecule has 0 fully saturated rings. The summed E-state index contributed by atoms with van der Waals surface area (Å²) in [6, 6.07) is 15.9. The highest BCUT2D eigenvalue weighted by Gasteiger charge is 2.19. The van der Waals surface area contributed by atoms with Crippen molar-refractivity contribution in [2.75, 3.05) is 12.4 Å². The standard InChI is InChI=1S/C27H26N2O3/c1-16-9-11-20(12-10-16)23-15-32-27-19(4)26(31-5)21(14-22(23)27)17(2)13-25(30)29-24-8-6-7-18(3)28-24/h6-15H,1-5H3,(H,28,29,30)/b17-13+. The molecule has 0 atom stereocenters. The van der Waals surface area contributed by atoms with Crippen LogP contribution in [0.5, 0.6) is 5.75 Å². The van der Waals surface area contributed by atoms with E-state index in [2.05, 4.69) is 41.5 Å². The Morgan fingerprint density at radius 1 is 1.09 bits per heavy atom. The maximum absolute atomic E-state index is 12.6. The second-order valence-electron chi connectivity index (χ2n) is 7.96. The van der Waals surface area contributed by atoms with Crippen molar-refractivity contribution in [1.29, 1.82) is 0 Å². The molecule has 1 amide bonds. The van der Waals surface area contributed by atoms with Crippen molar-refractivity contribution >= 4 is 28.3 Å². The van der Waals surface area contributed by atoms with E-state index in [1.165, 1.54) is 5.56 Å². The number of nitrogens with one attached hydrogen (secondary N) is 1. The maximum atomic E-state index is 12.6. The molecule has 0 aliphatic heterocycles. The highest BCUT2D eigenvalue weighted by atomic mass is 16.5. The van der Waals surface area contributed by atoms with Crippen molar-refractivity contribution in [3.63, 3.8) is 0 Å². The Balaban J connectivity index is 1.76. The number of fused-ring (bicyclic) bond motifs is 1. The van der Waals surface area contributed by atoms with E-state index in [9.17, 15) is 4.79 Å². The monoisotopic (exact) mass is 426 g/mol. The van der Waals surface area contributed by atoms with Gasteiger partial charge in [0.2, 0.25) is 5.91 Å². The third-order valence-electron chi connectivity index (χ3n) is 5.52. The minimum atomic E-state index is -0.244. The molecule has 0 aliphatic carbocycles. The molecule has 4 aromatic rings. The molecule has 5 heteroatoms. The fourth-order valence-corrected chi connectivity index (χ4v) is 3.88. The average molecular weight is 427 g/mol. The van der Waals surface area contributed by atoms with E-state index in [0.717, 1.165) is 44.5 Å². The van der Waals surface area contributed by atoms with Crippen LogP contribution in [-0.4, -0.2) is 18.0 Å². The Labute approximate surface area is 187 Å². The predicted molar refractivity (Wildman–Crippen MR) is 129 cm³/mol. The minimum Gasteiger partial charge on any atom is -0.496 e. The number of rotatable bonds is 5. The van der Waals surface area contributed by atoms with Gasteiger partial charge in [-0.1, -0.05) is 35.9 Å². The zero-order valence-corrected chi connectivity index (χ0v) is 18.9. The summed E-state index contributed by atoms with van der Waals surface area (Å²) in [5.74, 6) is 0.970. The van der Waals surface area contributed by atoms with Crippen LogP contribution in [0.1, 0.15) is 29.3 Å². The summed E-state index contributed by atoms with van der Waals surface area (Å²) in [5.41, 5.74) is 7.44. The number of hydrogen-bond acceptors (Lipinski definition) is 4. The molecule has 162 valence electrons. The van der Waals surface area contributed by atoms with Crippen LogP contribution >= 0.6 is 0 Å². The number of aromatic nitrogens is 1. The van der Waals surface area contributed by atoms with Crippen molar-refractivity contribution in [2.45, 2.75) is 27.7 Å². The Kier molecular flexibility index (Phi) is 5.82. The van der Waals surface area contributed by atoms with Crippen molar-refractivity contribution < 1.29 is 13.9 Å². The second kappa shape index (κ2) is 8.71. The first-order chi connectivity index (χ1) is 15.4. The second-order valence-corrected chi connectivity index (χ2v) is 7.96. The molecule has 0 spiro atoms. The van der Waals surface area contributed by atoms with Crippen LogP contribution in [0.2, 0.25) is 0 Å². The molecule has 0 aliphatic rings. The summed E-state index contributed by atoms with van der Waals surface area (Å²) in [7, 11) is 1.63. The molecular weight excluding hydrogens is 400 g/mol. The van der Waals surface area contributed by atoms with Gasteiger partial charge in [0, 0.05) is 33.8 Å². The summed E-state index contributed by atoms with van der Waals surface area (Å²) >= 11 is 0. The molecule has 0 unspecified atom stereocenters. The smallest absolute Gasteiger partial charge is 0.249 e. The van der Waals surface area contributed by atoms with Crippen molar-refractivity contribution in [1.82, 2.24) is 4.98 Å². The molecule has 0 saturated carbocycles. The number of carbonyl (C=O) groups excluding carboxylic acids is 1. The zero-order valence-electron chi connectivity index (χ0n) is 18.9. The van der Waals surface area contributed by atoms with Gasteiger partial charge >= 0.3 is 0 Å². The van der Waals surface area contributed by atoms with Gasteiger partial charge in [-0.05, 0) is 57.0 Å². The zero-order chi connectivity index (χ0) is 22.8. The van der Waals surface area contributed by atoms with E-state index in [1.807, 2.05) is 39.0 Å². The summed E-state index contributed by atoms with van der Waals surface area (Å²) < 4.78 is 11.6. The lowest BCUT2D eigenvalue weighted by atomic mass is 9.96. The number of methoxy groups -OCH3 is 1. The van der Waals surface area contributed by atoms with Gasteiger partial charge in [0.1, 0.15) is 17.2 Å². The van der Waals surface area contributed by atoms with Gasteiger partial charge in [-0.15, -0.1) is 0 Å². The number of benzene rings is 2. The van der Waals surface area contributed by atoms with E-state index in [1.54, 1.807) is 25.5 Å². The molecule has 4 rings (SSSR count). The molecule has 0 radical (unpaired) electrons. The number of ether oxygens (including phenoxy) is 1. The van der Waals surface area contributed by atoms with Crippen LogP contribution in [0.25, 0.3) is 27.7 Å². The molecule has 2 aromatic heterocycles. The fourth-order valence-electron chi connectivity index (χ4n) is 3.88. The summed E-state index contributed by atoms with van der Waals surface area (Å²) in [5, 5.41) is 3.81. The van der Waals surface area contributed by atoms with Gasteiger partial charge in [-0.2, -0.15) is 0 Å². The number of carbonyl (C=O) groups is 1. The molecule has 32 heavy (non-hydrogen) atoms. The van der Waals surface area contributed by atoms with E-state index in [-0.39, 0.29) is 5.91 Å². The third kappa shape index (κ3) is 4.14. The minimum absolute atomic E-state index is 0.244. The Morgan fingerprint density at radius 3 is 2.53 bits per heavy atom. The van der Waals surface area contributed by atoms with E-state index < -0.39 is 0 Å². The number of anilines is 1. The highest BCUT2D eigenvalue weighted by Crippen LogP contribution is 2.40. The van der Waals surface area contributed by atoms with E-state index in [0.29, 0.717) is 11.6 Å². The third-order valence-corrected chi connectivity index (χ3v) is 5.52. The summed E-state index contributed by atoms with van der Waals surface area (Å²) in [6.07, 6.45) is 3.35. The number of amides is 1. The van der Waals surface area contributed by atoms with E-state index >= 15 is 0 Å². The molecule has 2 heterocycles. The van der Waals surface area contributed by atoms with Gasteiger partial charge in [0.15, 0.2) is 0 Å². The van der Waals surface area contributed by atoms with Crippen LogP contribution in [0.3, 0.4) is 0 Å². The lowest BCUT2D eigenvalue weighted by Gasteiger charge is -2.13. The number of nitrogens with zero attached hydrogens (tertiary/aromatic N) is 1. The van der Waals surface area contributed by atoms with Gasteiger partial charge in [0.25, 0.3) is 0 Å². The molecular formula is C27H26N2O3. The SMILES string of the molecule is COc1c(/C(C)=C/C(=O)Nc2cccc(C)n2)cc2c(-c3ccc(C)cc3)coc2c1C. The Bertz CT molecular complexity index is 1330. The normalized spacial score (nSPS) is 11.6. The number of pyridine rings is 1. The summed E-state index contributed by atoms with van der Waals surface area (Å²) in [6.45, 7) is 7.82. The van der Waals surface area contributed by atoms with Gasteiger partial charge < -0.3 is 14.5 Å². The number of hydrogen-bond donors (Lipinski definition) is 1. The molecule has 5 nitrogen and oxygen atoms in total. The van der Waals surface area contributed by atoms with Crippen LogP contribution in [-0.2, 0) is 4.79 Å². The number of furan rings is 1. The first-order valence-electron chi connectivity index (χ1n) is 10.5. The molecule has 0 saturated heterocycles. The van der Waals surface area contributed by atoms with Crippen LogP contribution in [0, 0.1) is 20.8 Å². The topological polar surface area (TPSA) is 64.4 Å². The summed E-state index contributed by atoms with van der Waals surface area (Å²) in [4.78, 5) is 17.0. The largest absolute Gasteiger partial charge is 0.496 e. The predicted octanol–water partition coefficient (Wildman–Crippen LogP) is 6.47. The first-order valence-corrected chi connectivity index (χ1v) is 10.5. The van der Waals surface area contributed by atoms with Gasteiger partial charge in [-0.3, -0.25) is 4.79 Å². The van der Waals surface area contributed by atoms with Crippen molar-refractivity contribution in [3.8, 4) is 16.9 Å². The van der Waals surface area contributed by atoms with Crippen LogP contribution in [0.15, 0.2) is 65.3 Å². The highest BCUT2D eigenvalue weighted by molar-refractivity contribution is 6.05. The van der Waals surface area contributed by atoms with Crippen molar-refractivity contribution in [3.05, 3.63) is 83.3 Å². The Hall–Kier alpha value is -3.86. The van der Waals surface area contributed by atoms with Crippen molar-refractivity contribution in [2.24, 2.45) is 0 Å². The van der Waals surface area contributed by atoms with E-state index in [4.69, 9.17) is 9.15 Å². The number of aryl methyl sites for hydroxylation is 3. The molecule has 2 aromatic carbocycles. The average Bonchev–Trinajstić information content (AvgIpc) is 3.18. The first kappa shape index (κ1) is 21.4. The van der Waals surface area contributed by atoms with Crippen LogP contribution in [0.4, 0.5) is 5.82 Å². The Morgan fingerprint density at radius 2 is 1.84 bits per heavy atom. The van der Waals surface area contributed by atoms with Gasteiger partial charge in [-0.25, -0.2) is 4.98 Å². The quantitative estimate of drug-likeness (QED) is 0.371. The number of allylic oxidation sites excluding steroid dienone is 1. The van der Waals surface area contributed by atoms with Gasteiger partial charge in [0.05, 0.1) is 13.4 Å².